The van der Waals surface area contributed by atoms with Gasteiger partial charge in [0.1, 0.15) is 11.1 Å². The molecule has 0 atom stereocenters. The fourth-order valence-electron chi connectivity index (χ4n) is 1.52. The van der Waals surface area contributed by atoms with E-state index in [1.54, 1.807) is 0 Å². The van der Waals surface area contributed by atoms with E-state index in [1.807, 2.05) is 0 Å². The maximum absolute atomic E-state index is 10.8. The molecular weight excluding hydrogens is 272 g/mol. The van der Waals surface area contributed by atoms with Gasteiger partial charge in [-0.3, -0.25) is 10.1 Å². The first-order valence-corrected chi connectivity index (χ1v) is 5.51. The Kier molecular flexibility index (Phi) is 4.97. The van der Waals surface area contributed by atoms with E-state index in [0.29, 0.717) is 0 Å². The standard InChI is InChI=1S/C11H14N2O7/c14-4-11(5-15,6-16)12-7-1-2-8(10(17)18)9(3-7)13(19)20/h1-3,12,14-16H,4-6H2,(H,17,18). The number of hydrogen-bond acceptors (Lipinski definition) is 7. The number of nitrogens with zero attached hydrogens (tertiary/aromatic N) is 1. The minimum absolute atomic E-state index is 0.0962. The predicted molar refractivity (Wildman–Crippen MR) is 67.7 cm³/mol. The number of carboxylic acids is 1. The van der Waals surface area contributed by atoms with Crippen molar-refractivity contribution in [3.63, 3.8) is 0 Å². The molecule has 110 valence electrons. The van der Waals surface area contributed by atoms with Crippen LogP contribution in [0.3, 0.4) is 0 Å². The molecule has 0 spiro atoms. The molecule has 0 radical (unpaired) electrons. The van der Waals surface area contributed by atoms with Crippen LogP contribution in [0.2, 0.25) is 0 Å². The lowest BCUT2D eigenvalue weighted by Gasteiger charge is -2.29. The summed E-state index contributed by atoms with van der Waals surface area (Å²) in [7, 11) is 0. The molecule has 0 heterocycles. The van der Waals surface area contributed by atoms with E-state index in [0.717, 1.165) is 12.1 Å². The van der Waals surface area contributed by atoms with Crippen molar-refractivity contribution >= 4 is 17.3 Å². The second kappa shape index (κ2) is 6.28. The van der Waals surface area contributed by atoms with E-state index in [1.165, 1.54) is 6.07 Å². The number of carbonyl (C=O) groups is 1. The van der Waals surface area contributed by atoms with Crippen molar-refractivity contribution in [2.45, 2.75) is 5.54 Å². The molecule has 20 heavy (non-hydrogen) atoms. The van der Waals surface area contributed by atoms with Crippen molar-refractivity contribution in [1.82, 2.24) is 0 Å². The van der Waals surface area contributed by atoms with Crippen LogP contribution in [0, 0.1) is 10.1 Å². The van der Waals surface area contributed by atoms with Gasteiger partial charge < -0.3 is 25.7 Å². The fraction of sp³-hybridized carbons (Fsp3) is 0.364. The quantitative estimate of drug-likeness (QED) is 0.329. The number of nitrogens with one attached hydrogen (secondary N) is 1. The topological polar surface area (TPSA) is 153 Å². The summed E-state index contributed by atoms with van der Waals surface area (Å²) in [5.41, 5.74) is -2.48. The summed E-state index contributed by atoms with van der Waals surface area (Å²) in [6, 6.07) is 3.23. The molecule has 0 unspecified atom stereocenters. The molecule has 0 saturated carbocycles. The van der Waals surface area contributed by atoms with Crippen LogP contribution >= 0.6 is 0 Å². The second-order valence-electron chi connectivity index (χ2n) is 4.17. The van der Waals surface area contributed by atoms with E-state index in [2.05, 4.69) is 5.32 Å². The Morgan fingerprint density at radius 3 is 2.20 bits per heavy atom. The highest BCUT2D eigenvalue weighted by Crippen LogP contribution is 2.25. The van der Waals surface area contributed by atoms with E-state index in [9.17, 15) is 14.9 Å². The molecule has 9 heteroatoms. The third-order valence-corrected chi connectivity index (χ3v) is 2.74. The van der Waals surface area contributed by atoms with Crippen molar-refractivity contribution in [3.05, 3.63) is 33.9 Å². The lowest BCUT2D eigenvalue weighted by molar-refractivity contribution is -0.385. The molecule has 0 fully saturated rings. The predicted octanol–water partition coefficient (Wildman–Crippen LogP) is -0.579. The molecular formula is C11H14N2O7. The Morgan fingerprint density at radius 2 is 1.80 bits per heavy atom. The molecule has 0 amide bonds. The highest BCUT2D eigenvalue weighted by atomic mass is 16.6. The molecule has 0 aliphatic rings. The molecule has 0 aliphatic heterocycles. The SMILES string of the molecule is O=C(O)c1ccc(NC(CO)(CO)CO)cc1[N+](=O)[O-]. The number of aliphatic hydroxyl groups is 3. The van der Waals surface area contributed by atoms with Crippen LogP contribution in [-0.4, -0.2) is 56.7 Å². The molecule has 1 rings (SSSR count). The van der Waals surface area contributed by atoms with Crippen molar-refractivity contribution in [2.75, 3.05) is 25.1 Å². The maximum Gasteiger partial charge on any atom is 0.342 e. The summed E-state index contributed by atoms with van der Waals surface area (Å²) < 4.78 is 0. The Hall–Kier alpha value is -2.23. The number of nitro benzene ring substituents is 1. The van der Waals surface area contributed by atoms with Crippen LogP contribution in [0.1, 0.15) is 10.4 Å². The molecule has 0 saturated heterocycles. The van der Waals surface area contributed by atoms with Crippen LogP contribution < -0.4 is 5.32 Å². The third-order valence-electron chi connectivity index (χ3n) is 2.74. The molecule has 0 aromatic heterocycles. The lowest BCUT2D eigenvalue weighted by Crippen LogP contribution is -2.49. The monoisotopic (exact) mass is 286 g/mol. The van der Waals surface area contributed by atoms with E-state index >= 15 is 0 Å². The van der Waals surface area contributed by atoms with Crippen LogP contribution in [0.15, 0.2) is 18.2 Å². The van der Waals surface area contributed by atoms with Crippen LogP contribution in [0.25, 0.3) is 0 Å². The zero-order chi connectivity index (χ0) is 15.3. The number of nitro groups is 1. The van der Waals surface area contributed by atoms with Gasteiger partial charge in [0, 0.05) is 11.8 Å². The second-order valence-corrected chi connectivity index (χ2v) is 4.17. The van der Waals surface area contributed by atoms with Gasteiger partial charge in [-0.1, -0.05) is 0 Å². The third kappa shape index (κ3) is 3.20. The highest BCUT2D eigenvalue weighted by molar-refractivity contribution is 5.93. The minimum Gasteiger partial charge on any atom is -0.477 e. The number of benzene rings is 1. The van der Waals surface area contributed by atoms with Crippen LogP contribution in [0.4, 0.5) is 11.4 Å². The van der Waals surface area contributed by atoms with Gasteiger partial charge in [-0.25, -0.2) is 4.79 Å². The fourth-order valence-corrected chi connectivity index (χ4v) is 1.52. The Labute approximate surface area is 113 Å². The van der Waals surface area contributed by atoms with Gasteiger partial charge in [0.25, 0.3) is 5.69 Å². The zero-order valence-electron chi connectivity index (χ0n) is 10.3. The summed E-state index contributed by atoms with van der Waals surface area (Å²) >= 11 is 0. The summed E-state index contributed by atoms with van der Waals surface area (Å²) in [6.07, 6.45) is 0. The van der Waals surface area contributed by atoms with Crippen molar-refractivity contribution in [2.24, 2.45) is 0 Å². The van der Waals surface area contributed by atoms with Gasteiger partial charge >= 0.3 is 5.97 Å². The van der Waals surface area contributed by atoms with Crippen LogP contribution in [-0.2, 0) is 0 Å². The smallest absolute Gasteiger partial charge is 0.342 e. The Balaban J connectivity index is 3.19. The average molecular weight is 286 g/mol. The van der Waals surface area contributed by atoms with Gasteiger partial charge in [0.2, 0.25) is 0 Å². The lowest BCUT2D eigenvalue weighted by atomic mass is 10.0. The molecule has 5 N–H and O–H groups in total. The number of aromatic carboxylic acids is 1. The van der Waals surface area contributed by atoms with E-state index in [-0.39, 0.29) is 5.69 Å². The Bertz CT molecular complexity index is 505. The van der Waals surface area contributed by atoms with Gasteiger partial charge in [0.15, 0.2) is 0 Å². The van der Waals surface area contributed by atoms with E-state index < -0.39 is 47.5 Å². The van der Waals surface area contributed by atoms with Gasteiger partial charge in [-0.2, -0.15) is 0 Å². The van der Waals surface area contributed by atoms with Gasteiger partial charge in [-0.05, 0) is 12.1 Å². The number of carboxylic acid groups (broad SMARTS) is 1. The summed E-state index contributed by atoms with van der Waals surface area (Å²) in [5, 5.41) is 49.7. The molecule has 0 bridgehead atoms. The van der Waals surface area contributed by atoms with Gasteiger partial charge in [0.05, 0.1) is 24.7 Å². The van der Waals surface area contributed by atoms with Crippen molar-refractivity contribution in [1.29, 1.82) is 0 Å². The number of hydrogen-bond donors (Lipinski definition) is 5. The summed E-state index contributed by atoms with van der Waals surface area (Å²) in [4.78, 5) is 20.8. The summed E-state index contributed by atoms with van der Waals surface area (Å²) in [6.45, 7) is -1.85. The van der Waals surface area contributed by atoms with E-state index in [4.69, 9.17) is 20.4 Å². The first kappa shape index (κ1) is 15.8. The highest BCUT2D eigenvalue weighted by Gasteiger charge is 2.29. The first-order chi connectivity index (χ1) is 9.39. The zero-order valence-corrected chi connectivity index (χ0v) is 10.3. The normalized spacial score (nSPS) is 11.2. The molecule has 1 aromatic rings. The van der Waals surface area contributed by atoms with Crippen LogP contribution in [0.5, 0.6) is 0 Å². The number of anilines is 1. The number of aliphatic hydroxyl groups excluding tert-OH is 3. The number of rotatable bonds is 7. The largest absolute Gasteiger partial charge is 0.477 e. The van der Waals surface area contributed by atoms with Crippen molar-refractivity contribution < 1.29 is 30.1 Å². The molecule has 9 nitrogen and oxygen atoms in total. The maximum atomic E-state index is 10.8. The first-order valence-electron chi connectivity index (χ1n) is 5.51. The average Bonchev–Trinajstić information content (AvgIpc) is 2.44. The molecule has 0 aliphatic carbocycles. The van der Waals surface area contributed by atoms with Crippen molar-refractivity contribution in [3.8, 4) is 0 Å². The Morgan fingerprint density at radius 1 is 1.25 bits per heavy atom. The molecule has 1 aromatic carbocycles. The minimum atomic E-state index is -1.46. The summed E-state index contributed by atoms with van der Waals surface area (Å²) in [5.74, 6) is -1.44. The van der Waals surface area contributed by atoms with Gasteiger partial charge in [-0.15, -0.1) is 0 Å².